The molecular weight excluding hydrogens is 256 g/mol. The van der Waals surface area contributed by atoms with Crippen molar-refractivity contribution in [2.24, 2.45) is 17.8 Å². The van der Waals surface area contributed by atoms with Crippen molar-refractivity contribution in [1.29, 1.82) is 0 Å². The zero-order chi connectivity index (χ0) is 14.5. The lowest BCUT2D eigenvalue weighted by Gasteiger charge is -2.22. The molecule has 4 nitrogen and oxygen atoms in total. The van der Waals surface area contributed by atoms with Gasteiger partial charge in [-0.3, -0.25) is 4.79 Å². The van der Waals surface area contributed by atoms with Crippen molar-refractivity contribution in [3.8, 4) is 0 Å². The van der Waals surface area contributed by atoms with Gasteiger partial charge in [-0.25, -0.2) is 0 Å². The van der Waals surface area contributed by atoms with E-state index in [-0.39, 0.29) is 24.7 Å². The fraction of sp³-hybridized carbons (Fsp3) is 0.938. The van der Waals surface area contributed by atoms with E-state index >= 15 is 0 Å². The normalized spacial score (nSPS) is 34.5. The highest BCUT2D eigenvalue weighted by molar-refractivity contribution is 5.81. The number of hydrogen-bond acceptors (Lipinski definition) is 4. The number of Topliss-reactive ketones (excluding diaryl/α,β-unsaturated/α-hetero) is 1. The quantitative estimate of drug-likeness (QED) is 0.592. The Balaban J connectivity index is 1.69. The summed E-state index contributed by atoms with van der Waals surface area (Å²) in [4.78, 5) is 11.5. The number of ketones is 1. The molecule has 0 amide bonds. The smallest absolute Gasteiger partial charge is 0.133 e. The first-order chi connectivity index (χ1) is 9.61. The van der Waals surface area contributed by atoms with Crippen molar-refractivity contribution < 1.29 is 20.1 Å². The summed E-state index contributed by atoms with van der Waals surface area (Å²) in [5, 5.41) is 28.8. The first-order valence-corrected chi connectivity index (χ1v) is 8.10. The lowest BCUT2D eigenvalue weighted by molar-refractivity contribution is -0.118. The molecule has 0 bridgehead atoms. The average molecular weight is 284 g/mol. The molecule has 2 aliphatic carbocycles. The van der Waals surface area contributed by atoms with E-state index in [4.69, 9.17) is 5.11 Å². The zero-order valence-electron chi connectivity index (χ0n) is 12.2. The molecule has 0 saturated heterocycles. The number of fused-ring (bicyclic) bond motifs is 1. The van der Waals surface area contributed by atoms with Gasteiger partial charge in [-0.1, -0.05) is 12.8 Å². The fourth-order valence-electron chi connectivity index (χ4n) is 4.09. The van der Waals surface area contributed by atoms with Gasteiger partial charge in [-0.05, 0) is 49.9 Å². The van der Waals surface area contributed by atoms with Crippen molar-refractivity contribution in [3.05, 3.63) is 0 Å². The Bertz CT molecular complexity index is 318. The van der Waals surface area contributed by atoms with E-state index in [0.29, 0.717) is 30.5 Å². The van der Waals surface area contributed by atoms with Gasteiger partial charge in [0.15, 0.2) is 0 Å². The molecule has 2 aliphatic rings. The number of unbranched alkanes of at least 4 members (excludes halogenated alkanes) is 2. The van der Waals surface area contributed by atoms with Crippen molar-refractivity contribution in [3.63, 3.8) is 0 Å². The number of aliphatic hydroxyl groups is 3. The molecule has 0 heterocycles. The van der Waals surface area contributed by atoms with Crippen LogP contribution in [0.25, 0.3) is 0 Å². The number of aliphatic hydroxyl groups excluding tert-OH is 3. The van der Waals surface area contributed by atoms with Crippen molar-refractivity contribution in [2.45, 2.75) is 70.0 Å². The van der Waals surface area contributed by atoms with Gasteiger partial charge in [0.05, 0.1) is 12.2 Å². The standard InChI is InChI=1S/C16H28O4/c17-7-3-1-2-4-12(18)5-6-14-15-10-13(19)8-11(15)9-16(14)20/h11-12,14-18,20H,1-10H2/t11-,12?,14-,15-,16-/m1/s1. The molecule has 2 saturated carbocycles. The van der Waals surface area contributed by atoms with Crippen molar-refractivity contribution >= 4 is 5.78 Å². The van der Waals surface area contributed by atoms with E-state index < -0.39 is 0 Å². The molecule has 0 radical (unpaired) electrons. The zero-order valence-corrected chi connectivity index (χ0v) is 12.2. The Labute approximate surface area is 121 Å². The van der Waals surface area contributed by atoms with Crippen LogP contribution in [-0.2, 0) is 4.79 Å². The molecule has 2 rings (SSSR count). The second-order valence-corrected chi connectivity index (χ2v) is 6.64. The Morgan fingerprint density at radius 3 is 2.70 bits per heavy atom. The molecule has 0 aromatic heterocycles. The second-order valence-electron chi connectivity index (χ2n) is 6.64. The van der Waals surface area contributed by atoms with Gasteiger partial charge >= 0.3 is 0 Å². The fourth-order valence-corrected chi connectivity index (χ4v) is 4.09. The Morgan fingerprint density at radius 2 is 1.95 bits per heavy atom. The van der Waals surface area contributed by atoms with Crippen LogP contribution in [0.4, 0.5) is 0 Å². The van der Waals surface area contributed by atoms with Gasteiger partial charge in [0.25, 0.3) is 0 Å². The van der Waals surface area contributed by atoms with Crippen LogP contribution < -0.4 is 0 Å². The summed E-state index contributed by atoms with van der Waals surface area (Å²) in [6, 6.07) is 0. The summed E-state index contributed by atoms with van der Waals surface area (Å²) in [6.07, 6.45) is 6.51. The predicted octanol–water partition coefficient (Wildman–Crippen LogP) is 1.66. The lowest BCUT2D eigenvalue weighted by Crippen LogP contribution is -2.21. The minimum atomic E-state index is -0.308. The minimum absolute atomic E-state index is 0.207. The molecule has 5 atom stereocenters. The van der Waals surface area contributed by atoms with E-state index in [9.17, 15) is 15.0 Å². The van der Waals surface area contributed by atoms with Crippen LogP contribution in [0.2, 0.25) is 0 Å². The van der Waals surface area contributed by atoms with Crippen LogP contribution in [0, 0.1) is 17.8 Å². The Morgan fingerprint density at radius 1 is 1.15 bits per heavy atom. The van der Waals surface area contributed by atoms with Gasteiger partial charge in [-0.15, -0.1) is 0 Å². The molecule has 116 valence electrons. The lowest BCUT2D eigenvalue weighted by atomic mass is 9.86. The monoisotopic (exact) mass is 284 g/mol. The molecular formula is C16H28O4. The second kappa shape index (κ2) is 7.53. The number of carbonyl (C=O) groups excluding carboxylic acids is 1. The maximum atomic E-state index is 11.5. The van der Waals surface area contributed by atoms with Crippen molar-refractivity contribution in [2.75, 3.05) is 6.61 Å². The minimum Gasteiger partial charge on any atom is -0.396 e. The van der Waals surface area contributed by atoms with Gasteiger partial charge in [0.2, 0.25) is 0 Å². The summed E-state index contributed by atoms with van der Waals surface area (Å²) in [5.41, 5.74) is 0. The van der Waals surface area contributed by atoms with Crippen molar-refractivity contribution in [1.82, 2.24) is 0 Å². The predicted molar refractivity (Wildman–Crippen MR) is 76.1 cm³/mol. The molecule has 3 N–H and O–H groups in total. The summed E-state index contributed by atoms with van der Waals surface area (Å²) < 4.78 is 0. The van der Waals surface area contributed by atoms with E-state index in [1.165, 1.54) is 0 Å². The number of carbonyl (C=O) groups is 1. The third kappa shape index (κ3) is 4.03. The molecule has 20 heavy (non-hydrogen) atoms. The molecule has 2 fully saturated rings. The maximum Gasteiger partial charge on any atom is 0.133 e. The highest BCUT2D eigenvalue weighted by Gasteiger charge is 2.47. The van der Waals surface area contributed by atoms with Crippen LogP contribution >= 0.6 is 0 Å². The first-order valence-electron chi connectivity index (χ1n) is 8.10. The highest BCUT2D eigenvalue weighted by Crippen LogP contribution is 2.48. The molecule has 1 unspecified atom stereocenters. The molecule has 0 aromatic rings. The Kier molecular flexibility index (Phi) is 6.00. The third-order valence-electron chi connectivity index (χ3n) is 5.18. The summed E-state index contributed by atoms with van der Waals surface area (Å²) >= 11 is 0. The van der Waals surface area contributed by atoms with Crippen LogP contribution in [0.1, 0.15) is 57.8 Å². The summed E-state index contributed by atoms with van der Waals surface area (Å²) in [5.74, 6) is 1.31. The van der Waals surface area contributed by atoms with E-state index in [1.54, 1.807) is 0 Å². The topological polar surface area (TPSA) is 77.8 Å². The van der Waals surface area contributed by atoms with E-state index in [0.717, 1.165) is 44.9 Å². The maximum absolute atomic E-state index is 11.5. The van der Waals surface area contributed by atoms with Crippen LogP contribution in [0.5, 0.6) is 0 Å². The number of hydrogen-bond donors (Lipinski definition) is 3. The number of rotatable bonds is 8. The molecule has 0 aliphatic heterocycles. The van der Waals surface area contributed by atoms with Crippen LogP contribution in [0.15, 0.2) is 0 Å². The summed E-state index contributed by atoms with van der Waals surface area (Å²) in [7, 11) is 0. The molecule has 0 aromatic carbocycles. The van der Waals surface area contributed by atoms with E-state index in [1.807, 2.05) is 0 Å². The van der Waals surface area contributed by atoms with Gasteiger partial charge in [0.1, 0.15) is 5.78 Å². The molecule has 0 spiro atoms. The van der Waals surface area contributed by atoms with Gasteiger partial charge in [0, 0.05) is 19.4 Å². The highest BCUT2D eigenvalue weighted by atomic mass is 16.3. The SMILES string of the molecule is O=C1C[C@@H]2C[C@@H](O)[C@H](CCC(O)CCCCCO)[C@@H]2C1. The average Bonchev–Trinajstić information content (AvgIpc) is 2.88. The van der Waals surface area contributed by atoms with E-state index in [2.05, 4.69) is 0 Å². The van der Waals surface area contributed by atoms with Gasteiger partial charge < -0.3 is 15.3 Å². The van der Waals surface area contributed by atoms with Crippen LogP contribution in [-0.4, -0.2) is 39.9 Å². The summed E-state index contributed by atoms with van der Waals surface area (Å²) in [6.45, 7) is 0.224. The Hall–Kier alpha value is -0.450. The van der Waals surface area contributed by atoms with Gasteiger partial charge in [-0.2, -0.15) is 0 Å². The third-order valence-corrected chi connectivity index (χ3v) is 5.18. The largest absolute Gasteiger partial charge is 0.396 e. The first kappa shape index (κ1) is 15.9. The van der Waals surface area contributed by atoms with Crippen LogP contribution in [0.3, 0.4) is 0 Å². The molecule has 4 heteroatoms.